The molecule has 0 bridgehead atoms. The number of benzene rings is 7. The molecule has 4 nitrogen and oxygen atoms in total. The van der Waals surface area contributed by atoms with Crippen LogP contribution < -0.4 is 0 Å². The van der Waals surface area contributed by atoms with Gasteiger partial charge in [-0.2, -0.15) is 0 Å². The first-order valence-electron chi connectivity index (χ1n) is 19.8. The molecular formula is C45H30N4. The molecule has 0 aliphatic rings. The smallest absolute Gasteiger partial charge is 0.164 e. The van der Waals surface area contributed by atoms with Crippen LogP contribution in [0.2, 0.25) is 0 Å². The van der Waals surface area contributed by atoms with E-state index in [9.17, 15) is 2.74 Å². The Morgan fingerprint density at radius 3 is 1.43 bits per heavy atom. The third-order valence-electron chi connectivity index (χ3n) is 8.51. The van der Waals surface area contributed by atoms with Crippen molar-refractivity contribution in [3.05, 3.63) is 182 Å². The van der Waals surface area contributed by atoms with Crippen LogP contribution in [0.4, 0.5) is 0 Å². The number of rotatable bonds is 6. The molecule has 2 aromatic heterocycles. The van der Waals surface area contributed by atoms with Crippen molar-refractivity contribution in [2.24, 2.45) is 0 Å². The number of hydrogen-bond acceptors (Lipinski definition) is 3. The van der Waals surface area contributed by atoms with Crippen LogP contribution in [-0.4, -0.2) is 19.5 Å². The monoisotopic (exact) mass is 634 g/mol. The fourth-order valence-corrected chi connectivity index (χ4v) is 6.20. The van der Waals surface area contributed by atoms with Crippen LogP contribution in [0.25, 0.3) is 83.9 Å². The van der Waals surface area contributed by atoms with Gasteiger partial charge >= 0.3 is 0 Å². The van der Waals surface area contributed by atoms with Gasteiger partial charge in [0.15, 0.2) is 17.5 Å². The molecule has 0 spiro atoms. The van der Waals surface area contributed by atoms with E-state index in [1.807, 2.05) is 133 Å². The van der Waals surface area contributed by atoms with Gasteiger partial charge in [0.2, 0.25) is 0 Å². The van der Waals surface area contributed by atoms with Crippen LogP contribution in [0.15, 0.2) is 182 Å². The number of hydrogen-bond donors (Lipinski definition) is 0. The fourth-order valence-electron chi connectivity index (χ4n) is 6.20. The first kappa shape index (κ1) is 21.3. The minimum absolute atomic E-state index is 0.00437. The summed E-state index contributed by atoms with van der Waals surface area (Å²) in [5.74, 6) is 1.22. The average molecular weight is 635 g/mol. The second-order valence-electron chi connectivity index (χ2n) is 11.5. The molecule has 0 radical (unpaired) electrons. The van der Waals surface area contributed by atoms with Crippen molar-refractivity contribution in [3.8, 4) is 62.1 Å². The van der Waals surface area contributed by atoms with Crippen LogP contribution >= 0.6 is 0 Å². The molecule has 0 amide bonds. The van der Waals surface area contributed by atoms with E-state index in [1.54, 1.807) is 4.57 Å². The van der Waals surface area contributed by atoms with Crippen LogP contribution in [0.1, 0.15) is 11.0 Å². The van der Waals surface area contributed by atoms with Gasteiger partial charge in [0.05, 0.1) is 27.7 Å². The molecular weight excluding hydrogens is 597 g/mol. The predicted octanol–water partition coefficient (Wildman–Crippen LogP) is 11.3. The highest BCUT2D eigenvalue weighted by atomic mass is 15.0. The Morgan fingerprint density at radius 2 is 0.857 bits per heavy atom. The van der Waals surface area contributed by atoms with E-state index < -0.39 is 36.3 Å². The largest absolute Gasteiger partial charge is 0.309 e. The Balaban J connectivity index is 1.41. The lowest BCUT2D eigenvalue weighted by molar-refractivity contribution is 1.07. The molecule has 9 rings (SSSR count). The summed E-state index contributed by atoms with van der Waals surface area (Å²) in [6.45, 7) is 0. The van der Waals surface area contributed by atoms with E-state index >= 15 is 0 Å². The number of para-hydroxylation sites is 2. The zero-order valence-corrected chi connectivity index (χ0v) is 26.0. The van der Waals surface area contributed by atoms with Crippen molar-refractivity contribution in [2.45, 2.75) is 0 Å². The van der Waals surface area contributed by atoms with Crippen molar-refractivity contribution in [1.29, 1.82) is 0 Å². The Morgan fingerprint density at radius 1 is 0.388 bits per heavy atom. The quantitative estimate of drug-likeness (QED) is 0.183. The number of fused-ring (bicyclic) bond motifs is 3. The first-order valence-corrected chi connectivity index (χ1v) is 15.8. The molecule has 0 fully saturated rings. The van der Waals surface area contributed by atoms with E-state index in [0.717, 1.165) is 27.8 Å². The molecule has 0 saturated carbocycles. The summed E-state index contributed by atoms with van der Waals surface area (Å²) in [6, 6.07) is 38.9. The summed E-state index contributed by atoms with van der Waals surface area (Å²) in [6.07, 6.45) is 0. The second kappa shape index (κ2) is 12.2. The third-order valence-corrected chi connectivity index (χ3v) is 8.51. The van der Waals surface area contributed by atoms with Gasteiger partial charge in [-0.1, -0.05) is 158 Å². The van der Waals surface area contributed by atoms with Gasteiger partial charge in [0.1, 0.15) is 0 Å². The maximum Gasteiger partial charge on any atom is 0.164 e. The van der Waals surface area contributed by atoms with Crippen molar-refractivity contribution in [3.63, 3.8) is 0 Å². The maximum atomic E-state index is 9.22. The van der Waals surface area contributed by atoms with Crippen molar-refractivity contribution >= 4 is 21.8 Å². The van der Waals surface area contributed by atoms with Crippen molar-refractivity contribution in [2.75, 3.05) is 0 Å². The Kier molecular flexibility index (Phi) is 5.29. The number of nitrogens with zero attached hydrogens (tertiary/aromatic N) is 4. The van der Waals surface area contributed by atoms with Crippen LogP contribution in [0, 0.1) is 0 Å². The zero-order chi connectivity index (χ0) is 39.5. The summed E-state index contributed by atoms with van der Waals surface area (Å²) in [5.41, 5.74) is 5.87. The van der Waals surface area contributed by atoms with Crippen molar-refractivity contribution < 1.29 is 11.0 Å². The van der Waals surface area contributed by atoms with E-state index in [2.05, 4.69) is 0 Å². The topological polar surface area (TPSA) is 43.6 Å². The molecule has 49 heavy (non-hydrogen) atoms. The Labute approximate surface area is 295 Å². The van der Waals surface area contributed by atoms with Gasteiger partial charge in [-0.05, 0) is 40.9 Å². The minimum atomic E-state index is -0.504. The molecule has 4 heteroatoms. The molecule has 0 saturated heterocycles. The fraction of sp³-hybridized carbons (Fsp3) is 0. The highest BCUT2D eigenvalue weighted by Crippen LogP contribution is 2.39. The van der Waals surface area contributed by atoms with Gasteiger partial charge in [-0.3, -0.25) is 0 Å². The average Bonchev–Trinajstić information content (AvgIpc) is 3.63. The molecule has 9 aromatic rings. The second-order valence-corrected chi connectivity index (χ2v) is 11.5. The van der Waals surface area contributed by atoms with Gasteiger partial charge in [-0.25, -0.2) is 15.0 Å². The Hall–Kier alpha value is -6.65. The molecule has 7 aromatic carbocycles. The van der Waals surface area contributed by atoms with Gasteiger partial charge in [0, 0.05) is 33.0 Å². The normalized spacial score (nSPS) is 13.6. The number of aromatic nitrogens is 4. The SMILES string of the molecule is [2H]c1c([2H])c([2H])c2c(c1[2H])c1c([2H])c([2H])c([2H])c([2H])c1n2-c1cc(-c2nc(-c3ccccc3)nc(-c3ccccc3)n2)ccc1-c1cccc(-c2ccccc2)c1. The Bertz CT molecular complexity index is 2910. The molecule has 0 N–H and O–H groups in total. The minimum Gasteiger partial charge on any atom is -0.309 e. The summed E-state index contributed by atoms with van der Waals surface area (Å²) in [7, 11) is 0. The highest BCUT2D eigenvalue weighted by molar-refractivity contribution is 6.09. The lowest BCUT2D eigenvalue weighted by Gasteiger charge is -2.17. The van der Waals surface area contributed by atoms with Crippen LogP contribution in [-0.2, 0) is 0 Å². The lowest BCUT2D eigenvalue weighted by atomic mass is 9.96. The molecule has 0 aliphatic heterocycles. The summed E-state index contributed by atoms with van der Waals surface area (Å²) < 4.78 is 72.6. The third kappa shape index (κ3) is 5.26. The first-order chi connectivity index (χ1) is 27.6. The highest BCUT2D eigenvalue weighted by Gasteiger charge is 2.19. The molecule has 0 atom stereocenters. The molecule has 230 valence electrons. The molecule has 0 aliphatic carbocycles. The molecule has 0 unspecified atom stereocenters. The van der Waals surface area contributed by atoms with Gasteiger partial charge in [-0.15, -0.1) is 0 Å². The standard InChI is InChI=1S/C45H30N4/c1-4-15-31(16-5-1)34-21-14-22-35(29-34)37-28-27-36(30-42(37)49-40-25-12-10-23-38(40)39-24-11-13-26-41(39)49)45-47-43(32-17-6-2-7-18-32)46-44(48-45)33-19-8-3-9-20-33/h1-30H/i10D,11D,12D,13D,23D,24D,25D,26D. The summed E-state index contributed by atoms with van der Waals surface area (Å²) in [4.78, 5) is 14.7. The zero-order valence-electron chi connectivity index (χ0n) is 34.0. The van der Waals surface area contributed by atoms with Gasteiger partial charge < -0.3 is 4.57 Å². The molecule has 2 heterocycles. The van der Waals surface area contributed by atoms with E-state index in [4.69, 9.17) is 23.2 Å². The van der Waals surface area contributed by atoms with Crippen molar-refractivity contribution in [1.82, 2.24) is 19.5 Å². The van der Waals surface area contributed by atoms with Crippen LogP contribution in [0.3, 0.4) is 0 Å². The lowest BCUT2D eigenvalue weighted by Crippen LogP contribution is -2.02. The predicted molar refractivity (Wildman–Crippen MR) is 201 cm³/mol. The van der Waals surface area contributed by atoms with E-state index in [1.165, 1.54) is 0 Å². The summed E-state index contributed by atoms with van der Waals surface area (Å²) in [5, 5.41) is -0.00874. The van der Waals surface area contributed by atoms with E-state index in [0.29, 0.717) is 34.3 Å². The van der Waals surface area contributed by atoms with E-state index in [-0.39, 0.29) is 33.9 Å². The van der Waals surface area contributed by atoms with Gasteiger partial charge in [0.25, 0.3) is 0 Å². The van der Waals surface area contributed by atoms with Crippen LogP contribution in [0.5, 0.6) is 0 Å². The summed E-state index contributed by atoms with van der Waals surface area (Å²) >= 11 is 0. The maximum absolute atomic E-state index is 9.22.